The first kappa shape index (κ1) is 50.6. The Kier molecular flexibility index (Phi) is 20.1. The van der Waals surface area contributed by atoms with E-state index in [0.717, 1.165) is 0 Å². The molecule has 0 spiro atoms. The van der Waals surface area contributed by atoms with Gasteiger partial charge < -0.3 is 58.1 Å². The molecule has 1 aromatic carbocycles. The van der Waals surface area contributed by atoms with Gasteiger partial charge in [-0.2, -0.15) is 12.6 Å². The number of likely N-dealkylation sites (tertiary alicyclic amines) is 2. The van der Waals surface area contributed by atoms with Crippen molar-refractivity contribution in [1.82, 2.24) is 36.4 Å². The van der Waals surface area contributed by atoms with Gasteiger partial charge in [-0.25, -0.2) is 4.79 Å². The first-order chi connectivity index (χ1) is 29.4. The van der Waals surface area contributed by atoms with E-state index in [1.807, 2.05) is 0 Å². The number of carbonyl (C=O) groups is 10. The van der Waals surface area contributed by atoms with E-state index in [1.54, 1.807) is 44.2 Å². The Morgan fingerprint density at radius 1 is 0.726 bits per heavy atom. The molecule has 0 aromatic heterocycles. The highest BCUT2D eigenvalue weighted by Gasteiger charge is 2.44. The molecule has 0 saturated carbocycles. The van der Waals surface area contributed by atoms with Crippen LogP contribution in [0.4, 0.5) is 0 Å². The van der Waals surface area contributed by atoms with E-state index in [1.165, 1.54) is 9.80 Å². The highest BCUT2D eigenvalue weighted by molar-refractivity contribution is 7.80. The van der Waals surface area contributed by atoms with Crippen molar-refractivity contribution in [3.05, 3.63) is 35.9 Å². The van der Waals surface area contributed by atoms with Gasteiger partial charge in [-0.3, -0.25) is 43.2 Å². The van der Waals surface area contributed by atoms with Crippen molar-refractivity contribution in [2.75, 3.05) is 25.4 Å². The summed E-state index contributed by atoms with van der Waals surface area (Å²) < 4.78 is 0. The summed E-state index contributed by atoms with van der Waals surface area (Å²) in [6.45, 7) is 3.36. The van der Waals surface area contributed by atoms with Crippen molar-refractivity contribution in [3.8, 4) is 0 Å². The van der Waals surface area contributed by atoms with Crippen LogP contribution < -0.4 is 38.1 Å². The number of nitrogens with zero attached hydrogens (tertiary/aromatic N) is 2. The molecular formula is C40H59N9O12S. The number of carboxylic acid groups (broad SMARTS) is 2. The molecule has 0 aliphatic carbocycles. The number of hydrogen-bond donors (Lipinski definition) is 10. The molecule has 3 rings (SSSR count). The predicted molar refractivity (Wildman–Crippen MR) is 225 cm³/mol. The first-order valence-electron chi connectivity index (χ1n) is 20.6. The van der Waals surface area contributed by atoms with E-state index in [0.29, 0.717) is 18.4 Å². The second-order valence-electron chi connectivity index (χ2n) is 15.7. The molecule has 2 heterocycles. The van der Waals surface area contributed by atoms with Crippen LogP contribution in [0, 0.1) is 5.92 Å². The number of thiol groups is 1. The maximum Gasteiger partial charge on any atom is 0.327 e. The van der Waals surface area contributed by atoms with Crippen LogP contribution in [0.3, 0.4) is 0 Å². The van der Waals surface area contributed by atoms with E-state index >= 15 is 0 Å². The van der Waals surface area contributed by atoms with Crippen molar-refractivity contribution in [1.29, 1.82) is 0 Å². The van der Waals surface area contributed by atoms with Crippen LogP contribution >= 0.6 is 12.6 Å². The van der Waals surface area contributed by atoms with Crippen LogP contribution in [0.1, 0.15) is 77.2 Å². The van der Waals surface area contributed by atoms with Crippen molar-refractivity contribution in [3.63, 3.8) is 0 Å². The lowest BCUT2D eigenvalue weighted by atomic mass is 10.0. The van der Waals surface area contributed by atoms with Crippen molar-refractivity contribution < 1.29 is 58.2 Å². The standard InChI is InChI=1S/C40H59N9O12S/c1-22(2)18-26(45-34(54)24(13-15-33(52)53)43-32(51)20-41)36(56)44-25(12-14-31(42)50)35(55)46-27(19-23-8-4-3-5-9-23)38(58)49-17-7-11-30(49)39(59)48-16-6-10-29(48)37(57)47-28(21-62)40(60)61/h3-5,8-9,22,24-30,62H,6-7,10-21,41H2,1-2H3,(H2,42,50)(H,43,51)(H,44,56)(H,45,54)(H,46,55)(H,47,57)(H,52,53)(H,60,61)/t24-,25-,26-,27-,28-,29-,30-/m0/s1. The monoisotopic (exact) mass is 889 g/mol. The number of carboxylic acids is 2. The molecule has 7 atom stereocenters. The summed E-state index contributed by atoms with van der Waals surface area (Å²) in [5, 5.41) is 31.2. The number of nitrogens with one attached hydrogen (secondary N) is 5. The average molecular weight is 890 g/mol. The summed E-state index contributed by atoms with van der Waals surface area (Å²) in [5.41, 5.74) is 11.4. The summed E-state index contributed by atoms with van der Waals surface area (Å²) in [5.74, 6) is -8.83. The number of aliphatic carboxylic acids is 2. The Bertz CT molecular complexity index is 1800. The van der Waals surface area contributed by atoms with Gasteiger partial charge in [0.15, 0.2) is 0 Å². The lowest BCUT2D eigenvalue weighted by molar-refractivity contribution is -0.148. The highest BCUT2D eigenvalue weighted by atomic mass is 32.1. The number of benzene rings is 1. The maximum absolute atomic E-state index is 14.5. The number of hydrogen-bond acceptors (Lipinski definition) is 12. The molecule has 62 heavy (non-hydrogen) atoms. The van der Waals surface area contributed by atoms with Gasteiger partial charge in [-0.15, -0.1) is 0 Å². The number of carbonyl (C=O) groups excluding carboxylic acids is 8. The molecule has 2 aliphatic rings. The van der Waals surface area contributed by atoms with Gasteiger partial charge in [0.2, 0.25) is 47.3 Å². The summed E-state index contributed by atoms with van der Waals surface area (Å²) in [6.07, 6.45) is -0.0791. The van der Waals surface area contributed by atoms with Crippen LogP contribution in [0.5, 0.6) is 0 Å². The van der Waals surface area contributed by atoms with Gasteiger partial charge in [0.25, 0.3) is 0 Å². The molecule has 11 N–H and O–H groups in total. The Hall–Kier alpha value is -5.77. The van der Waals surface area contributed by atoms with Crippen molar-refractivity contribution >= 4 is 71.8 Å². The summed E-state index contributed by atoms with van der Waals surface area (Å²) >= 11 is 3.99. The molecule has 2 aliphatic heterocycles. The van der Waals surface area contributed by atoms with Crippen molar-refractivity contribution in [2.24, 2.45) is 17.4 Å². The molecule has 0 bridgehead atoms. The van der Waals surface area contributed by atoms with E-state index < -0.39 is 114 Å². The Morgan fingerprint density at radius 3 is 1.84 bits per heavy atom. The summed E-state index contributed by atoms with van der Waals surface area (Å²) in [4.78, 5) is 133. The third kappa shape index (κ3) is 15.3. The second-order valence-corrected chi connectivity index (χ2v) is 16.1. The number of nitrogens with two attached hydrogens (primary N) is 2. The zero-order chi connectivity index (χ0) is 46.1. The lowest BCUT2D eigenvalue weighted by Crippen LogP contribution is -2.60. The second kappa shape index (κ2) is 24.6. The fourth-order valence-electron chi connectivity index (χ4n) is 7.35. The van der Waals surface area contributed by atoms with Crippen LogP contribution in [-0.4, -0.2) is 147 Å². The molecule has 2 saturated heterocycles. The van der Waals surface area contributed by atoms with Gasteiger partial charge in [0, 0.05) is 38.1 Å². The van der Waals surface area contributed by atoms with Gasteiger partial charge in [-0.05, 0) is 56.4 Å². The van der Waals surface area contributed by atoms with Gasteiger partial charge in [0.05, 0.1) is 6.54 Å². The smallest absolute Gasteiger partial charge is 0.327 e. The SMILES string of the molecule is CC(C)C[C@H](NC(=O)[C@H](CCC(=O)O)NC(=O)CN)C(=O)N[C@@H](CCC(N)=O)C(=O)N[C@@H](Cc1ccccc1)C(=O)N1CCC[C@H]1C(=O)N1CCC[C@H]1C(=O)N[C@@H](CS)C(=O)O. The third-order valence-electron chi connectivity index (χ3n) is 10.5. The molecule has 0 radical (unpaired) electrons. The highest BCUT2D eigenvalue weighted by Crippen LogP contribution is 2.26. The topological polar surface area (TPSA) is 330 Å². The predicted octanol–water partition coefficient (Wildman–Crippen LogP) is -2.22. The fraction of sp³-hybridized carbons (Fsp3) is 0.600. The van der Waals surface area contributed by atoms with Gasteiger partial charge in [-0.1, -0.05) is 44.2 Å². The minimum atomic E-state index is -1.47. The third-order valence-corrected chi connectivity index (χ3v) is 10.9. The fourth-order valence-corrected chi connectivity index (χ4v) is 7.60. The van der Waals surface area contributed by atoms with Crippen molar-refractivity contribution in [2.45, 2.75) is 120 Å². The first-order valence-corrected chi connectivity index (χ1v) is 21.2. The molecule has 2 fully saturated rings. The van der Waals surface area contributed by atoms with Crippen LogP contribution in [0.2, 0.25) is 0 Å². The Balaban J connectivity index is 1.89. The number of amides is 8. The molecule has 1 aromatic rings. The minimum absolute atomic E-state index is 0.0343. The zero-order valence-electron chi connectivity index (χ0n) is 34.9. The van der Waals surface area contributed by atoms with Crippen LogP contribution in [-0.2, 0) is 54.4 Å². The maximum atomic E-state index is 14.5. The Morgan fingerprint density at radius 2 is 1.27 bits per heavy atom. The number of rotatable bonds is 24. The molecule has 22 heteroatoms. The molecule has 21 nitrogen and oxygen atoms in total. The average Bonchev–Trinajstić information content (AvgIpc) is 3.93. The minimum Gasteiger partial charge on any atom is -0.481 e. The van der Waals surface area contributed by atoms with E-state index in [9.17, 15) is 58.2 Å². The normalized spacial score (nSPS) is 18.4. The summed E-state index contributed by atoms with van der Waals surface area (Å²) in [6, 6.07) is -0.0205. The summed E-state index contributed by atoms with van der Waals surface area (Å²) in [7, 11) is 0. The largest absolute Gasteiger partial charge is 0.481 e. The van der Waals surface area contributed by atoms with E-state index in [4.69, 9.17) is 11.5 Å². The van der Waals surface area contributed by atoms with E-state index in [-0.39, 0.29) is 69.7 Å². The van der Waals surface area contributed by atoms with Gasteiger partial charge >= 0.3 is 11.9 Å². The molecule has 8 amide bonds. The molecular weight excluding hydrogens is 831 g/mol. The molecule has 0 unspecified atom stereocenters. The van der Waals surface area contributed by atoms with Gasteiger partial charge in [0.1, 0.15) is 42.3 Å². The Labute approximate surface area is 364 Å². The number of primary amides is 1. The zero-order valence-corrected chi connectivity index (χ0v) is 35.8. The molecule has 342 valence electrons. The lowest BCUT2D eigenvalue weighted by Gasteiger charge is -2.33. The quantitative estimate of drug-likeness (QED) is 0.0493. The van der Waals surface area contributed by atoms with E-state index in [2.05, 4.69) is 39.2 Å². The van der Waals surface area contributed by atoms with Crippen LogP contribution in [0.15, 0.2) is 30.3 Å². The van der Waals surface area contributed by atoms with Crippen LogP contribution in [0.25, 0.3) is 0 Å².